The molecule has 3 N–H and O–H groups in total. The average molecular weight is 468 g/mol. The monoisotopic (exact) mass is 467 g/mol. The van der Waals surface area contributed by atoms with E-state index in [-0.39, 0.29) is 24.3 Å². The van der Waals surface area contributed by atoms with Gasteiger partial charge in [-0.05, 0) is 41.5 Å². The van der Waals surface area contributed by atoms with Crippen molar-refractivity contribution in [3.8, 4) is 5.88 Å². The summed E-state index contributed by atoms with van der Waals surface area (Å²) in [6.07, 6.45) is -0.670. The van der Waals surface area contributed by atoms with Gasteiger partial charge >= 0.3 is 0 Å². The second-order valence-corrected chi connectivity index (χ2v) is 10.5. The van der Waals surface area contributed by atoms with Gasteiger partial charge in [-0.2, -0.15) is 4.37 Å². The van der Waals surface area contributed by atoms with E-state index in [1.165, 1.54) is 11.8 Å². The van der Waals surface area contributed by atoms with Crippen LogP contribution in [0.4, 0.5) is 0 Å². The zero-order chi connectivity index (χ0) is 23.4. The Hall–Kier alpha value is -1.21. The first-order valence-electron chi connectivity index (χ1n) is 9.76. The Balaban J connectivity index is 0.000000890. The van der Waals surface area contributed by atoms with Crippen LogP contribution in [0.2, 0.25) is 0 Å². The van der Waals surface area contributed by atoms with E-state index in [1.54, 1.807) is 0 Å². The van der Waals surface area contributed by atoms with Crippen LogP contribution >= 0.6 is 23.5 Å². The van der Waals surface area contributed by atoms with E-state index in [4.69, 9.17) is 4.74 Å². The molecule has 176 valence electrons. The summed E-state index contributed by atoms with van der Waals surface area (Å²) in [6.45, 7) is 17.3. The van der Waals surface area contributed by atoms with Gasteiger partial charge in [0.15, 0.2) is 5.03 Å². The van der Waals surface area contributed by atoms with Crippen LogP contribution in [0.3, 0.4) is 0 Å². The van der Waals surface area contributed by atoms with Gasteiger partial charge in [-0.1, -0.05) is 25.6 Å². The lowest BCUT2D eigenvalue weighted by Crippen LogP contribution is -2.42. The molecule has 1 atom stereocenters. The Kier molecular flexibility index (Phi) is 13.4. The van der Waals surface area contributed by atoms with Crippen molar-refractivity contribution in [3.05, 3.63) is 10.1 Å². The van der Waals surface area contributed by atoms with E-state index in [9.17, 15) is 15.2 Å². The number of nitrogens with one attached hydrogen (secondary N) is 2. The van der Waals surface area contributed by atoms with Crippen molar-refractivity contribution in [2.45, 2.75) is 83.6 Å². The van der Waals surface area contributed by atoms with Crippen molar-refractivity contribution < 1.29 is 19.8 Å². The van der Waals surface area contributed by atoms with Crippen LogP contribution in [-0.2, 0) is 4.84 Å². The summed E-state index contributed by atoms with van der Waals surface area (Å²) in [5.41, 5.74) is 0.190. The van der Waals surface area contributed by atoms with Gasteiger partial charge in [0.05, 0.1) is 11.7 Å². The van der Waals surface area contributed by atoms with Crippen LogP contribution in [0, 0.1) is 10.1 Å². The van der Waals surface area contributed by atoms with Gasteiger partial charge in [-0.3, -0.25) is 0 Å². The first-order chi connectivity index (χ1) is 13.7. The molecule has 0 aliphatic heterocycles. The van der Waals surface area contributed by atoms with E-state index < -0.39 is 11.2 Å². The Morgan fingerprint density at radius 2 is 1.83 bits per heavy atom. The largest absolute Gasteiger partial charge is 0.472 e. The minimum absolute atomic E-state index is 0.0350. The van der Waals surface area contributed by atoms with Crippen LogP contribution < -0.4 is 15.4 Å². The fraction of sp³-hybridized carbons (Fsp3) is 0.889. The molecule has 1 unspecified atom stereocenters. The van der Waals surface area contributed by atoms with Crippen molar-refractivity contribution in [2.75, 3.05) is 25.5 Å². The van der Waals surface area contributed by atoms with Gasteiger partial charge in [0.25, 0.3) is 11.0 Å². The van der Waals surface area contributed by atoms with Crippen molar-refractivity contribution >= 4 is 23.5 Å². The Morgan fingerprint density at radius 1 is 1.20 bits per heavy atom. The number of nitrogens with zero attached hydrogens (tertiary/aromatic N) is 3. The summed E-state index contributed by atoms with van der Waals surface area (Å²) in [5, 5.41) is 26.1. The molecule has 0 spiro atoms. The molecule has 0 bridgehead atoms. The highest BCUT2D eigenvalue weighted by Gasteiger charge is 2.15. The molecule has 0 aromatic carbocycles. The second kappa shape index (κ2) is 14.0. The molecule has 1 rings (SSSR count). The van der Waals surface area contributed by atoms with Gasteiger partial charge in [0.2, 0.25) is 0 Å². The minimum Gasteiger partial charge on any atom is -0.472 e. The Morgan fingerprint density at radius 3 is 2.30 bits per heavy atom. The van der Waals surface area contributed by atoms with Crippen LogP contribution in [0.1, 0.15) is 55.4 Å². The number of thioether (sulfide) groups is 1. The smallest absolute Gasteiger partial charge is 0.294 e. The van der Waals surface area contributed by atoms with E-state index in [1.807, 2.05) is 20.8 Å². The van der Waals surface area contributed by atoms with E-state index in [0.29, 0.717) is 29.2 Å². The summed E-state index contributed by atoms with van der Waals surface area (Å²) in [7, 11) is 0. The normalized spacial score (nSPS) is 12.9. The number of hydrogen-bond donors (Lipinski definition) is 3. The van der Waals surface area contributed by atoms with Gasteiger partial charge in [0.1, 0.15) is 19.3 Å². The maximum absolute atomic E-state index is 10.0. The predicted molar refractivity (Wildman–Crippen MR) is 121 cm³/mol. The zero-order valence-electron chi connectivity index (χ0n) is 19.2. The highest BCUT2D eigenvalue weighted by Crippen LogP contribution is 2.26. The lowest BCUT2D eigenvalue weighted by molar-refractivity contribution is -0.756. The van der Waals surface area contributed by atoms with Gasteiger partial charge < -0.3 is 25.3 Å². The first-order valence-corrected chi connectivity index (χ1v) is 11.5. The zero-order valence-corrected chi connectivity index (χ0v) is 20.9. The number of rotatable bonds is 11. The van der Waals surface area contributed by atoms with Gasteiger partial charge in [0, 0.05) is 29.4 Å². The van der Waals surface area contributed by atoms with Crippen LogP contribution in [-0.4, -0.2) is 67.7 Å². The van der Waals surface area contributed by atoms with E-state index in [0.717, 1.165) is 11.7 Å². The van der Waals surface area contributed by atoms with Crippen LogP contribution in [0.25, 0.3) is 0 Å². The molecule has 0 aliphatic rings. The lowest BCUT2D eigenvalue weighted by Gasteiger charge is -2.23. The van der Waals surface area contributed by atoms with Crippen molar-refractivity contribution in [1.82, 2.24) is 19.4 Å². The Labute approximate surface area is 187 Å². The molecular weight excluding hydrogens is 430 g/mol. The van der Waals surface area contributed by atoms with Gasteiger partial charge in [-0.15, -0.1) is 14.5 Å². The molecule has 12 heteroatoms. The standard InChI is InChI=1S/C11H20N4O5S2.C7H17N/c1-11(2,3)12-6-8(16)7-19-9-10(14-22-13-9)21-5-4-20-15(17)18;1-6(2)8-7(3,4)5/h8,12,16H,4-7H2,1-3H3;6,8H,1-5H3. The molecule has 0 amide bonds. The number of aliphatic hydroxyl groups excluding tert-OH is 1. The highest BCUT2D eigenvalue weighted by atomic mass is 32.2. The number of aromatic nitrogens is 2. The molecule has 0 aliphatic carbocycles. The third-order valence-electron chi connectivity index (χ3n) is 2.95. The quantitative estimate of drug-likeness (QED) is 0.193. The molecule has 0 radical (unpaired) electrons. The molecule has 0 fully saturated rings. The summed E-state index contributed by atoms with van der Waals surface area (Å²) < 4.78 is 13.5. The number of aliphatic hydroxyl groups is 1. The number of ether oxygens (including phenoxy) is 1. The van der Waals surface area contributed by atoms with E-state index in [2.05, 4.69) is 58.8 Å². The first kappa shape index (κ1) is 28.8. The molecule has 30 heavy (non-hydrogen) atoms. The summed E-state index contributed by atoms with van der Waals surface area (Å²) in [4.78, 5) is 14.2. The lowest BCUT2D eigenvalue weighted by atomic mass is 10.1. The maximum Gasteiger partial charge on any atom is 0.294 e. The molecule has 10 nitrogen and oxygen atoms in total. The summed E-state index contributed by atoms with van der Waals surface area (Å²) >= 11 is 2.23. The summed E-state index contributed by atoms with van der Waals surface area (Å²) in [5.74, 6) is 0.683. The fourth-order valence-corrected chi connectivity index (χ4v) is 3.48. The topological polar surface area (TPSA) is 132 Å². The molecule has 1 heterocycles. The number of hydrogen-bond acceptors (Lipinski definition) is 11. The summed E-state index contributed by atoms with van der Waals surface area (Å²) in [6, 6.07) is 0.593. The van der Waals surface area contributed by atoms with Gasteiger partial charge in [-0.25, -0.2) is 0 Å². The maximum atomic E-state index is 10.0. The van der Waals surface area contributed by atoms with Crippen molar-refractivity contribution in [3.63, 3.8) is 0 Å². The number of β-amino-alcohol motifs (C(OH)–C–C–N with tert-alkyl or cyclic N) is 1. The average Bonchev–Trinajstić information content (AvgIpc) is 3.00. The van der Waals surface area contributed by atoms with E-state index >= 15 is 0 Å². The highest BCUT2D eigenvalue weighted by molar-refractivity contribution is 7.99. The molecule has 1 aromatic rings. The van der Waals surface area contributed by atoms with Crippen LogP contribution in [0.15, 0.2) is 5.03 Å². The van der Waals surface area contributed by atoms with Crippen LogP contribution in [0.5, 0.6) is 5.88 Å². The molecule has 0 saturated heterocycles. The third kappa shape index (κ3) is 17.6. The molecular formula is C18H37N5O5S2. The SMILES string of the molecule is CC(C)(C)NCC(O)COc1nsnc1SCCO[N+](=O)[O-].CC(C)NC(C)(C)C. The second-order valence-electron chi connectivity index (χ2n) is 8.92. The molecule has 0 saturated carbocycles. The van der Waals surface area contributed by atoms with Crippen molar-refractivity contribution in [1.29, 1.82) is 0 Å². The predicted octanol–water partition coefficient (Wildman–Crippen LogP) is 2.75. The fourth-order valence-electron chi connectivity index (χ4n) is 2.12. The minimum atomic E-state index is -0.837. The van der Waals surface area contributed by atoms with Crippen molar-refractivity contribution in [2.24, 2.45) is 0 Å². The third-order valence-corrected chi connectivity index (χ3v) is 4.49. The Bertz CT molecular complexity index is 603. The molecule has 1 aromatic heterocycles.